The highest BCUT2D eigenvalue weighted by Gasteiger charge is 2.14. The van der Waals surface area contributed by atoms with Gasteiger partial charge in [0.2, 0.25) is 15.9 Å². The van der Waals surface area contributed by atoms with E-state index in [1.807, 2.05) is 0 Å². The normalized spacial score (nSPS) is 12.5. The first kappa shape index (κ1) is 20.8. The smallest absolute Gasteiger partial charge is 0.238 e. The lowest BCUT2D eigenvalue weighted by Crippen LogP contribution is -2.26. The molecule has 0 spiro atoms. The molecule has 3 N–H and O–H groups in total. The minimum atomic E-state index is -3.75. The van der Waals surface area contributed by atoms with E-state index >= 15 is 0 Å². The maximum atomic E-state index is 13.8. The Morgan fingerprint density at radius 2 is 1.79 bits per heavy atom. The van der Waals surface area contributed by atoms with Crippen LogP contribution >= 0.6 is 0 Å². The Labute approximate surface area is 168 Å². The van der Waals surface area contributed by atoms with Crippen LogP contribution < -0.4 is 10.5 Å². The molecule has 1 heterocycles. The second kappa shape index (κ2) is 8.59. The van der Waals surface area contributed by atoms with Gasteiger partial charge in [-0.1, -0.05) is 24.3 Å². The molecule has 29 heavy (non-hydrogen) atoms. The van der Waals surface area contributed by atoms with Crippen molar-refractivity contribution in [1.29, 1.82) is 0 Å². The number of halogens is 1. The molecule has 1 atom stereocenters. The van der Waals surface area contributed by atoms with E-state index in [1.165, 1.54) is 18.2 Å². The summed E-state index contributed by atoms with van der Waals surface area (Å²) in [6.07, 6.45) is 0.571. The summed E-state index contributed by atoms with van der Waals surface area (Å²) < 4.78 is 42.1. The van der Waals surface area contributed by atoms with Crippen LogP contribution in [0.4, 0.5) is 4.39 Å². The number of carbonyl (C=O) groups excluding carboxylic acids is 1. The summed E-state index contributed by atoms with van der Waals surface area (Å²) in [4.78, 5) is 12.2. The zero-order chi connectivity index (χ0) is 21.0. The summed E-state index contributed by atoms with van der Waals surface area (Å²) in [6.45, 7) is 1.80. The van der Waals surface area contributed by atoms with Crippen molar-refractivity contribution in [2.45, 2.75) is 30.7 Å². The van der Waals surface area contributed by atoms with Crippen molar-refractivity contribution >= 4 is 15.9 Å². The molecule has 1 unspecified atom stereocenters. The van der Waals surface area contributed by atoms with Crippen molar-refractivity contribution in [3.05, 3.63) is 77.8 Å². The fourth-order valence-electron chi connectivity index (χ4n) is 2.90. The number of nitrogens with two attached hydrogens (primary N) is 1. The van der Waals surface area contributed by atoms with Gasteiger partial charge in [0, 0.05) is 12.8 Å². The van der Waals surface area contributed by atoms with Crippen LogP contribution in [0.1, 0.15) is 30.7 Å². The molecule has 152 valence electrons. The van der Waals surface area contributed by atoms with Gasteiger partial charge in [-0.3, -0.25) is 4.79 Å². The first-order valence-corrected chi connectivity index (χ1v) is 10.5. The quantitative estimate of drug-likeness (QED) is 0.615. The van der Waals surface area contributed by atoms with Crippen LogP contribution in [0.3, 0.4) is 0 Å². The predicted molar refractivity (Wildman–Crippen MR) is 107 cm³/mol. The van der Waals surface area contributed by atoms with Crippen LogP contribution in [0, 0.1) is 5.82 Å². The number of sulfonamides is 1. The van der Waals surface area contributed by atoms with Crippen LogP contribution in [-0.4, -0.2) is 14.3 Å². The molecule has 3 aromatic rings. The molecule has 8 heteroatoms. The van der Waals surface area contributed by atoms with E-state index in [0.29, 0.717) is 23.5 Å². The fraction of sp³-hybridized carbons (Fsp3) is 0.190. The minimum Gasteiger partial charge on any atom is -0.461 e. The van der Waals surface area contributed by atoms with Gasteiger partial charge in [-0.25, -0.2) is 17.9 Å². The van der Waals surface area contributed by atoms with Crippen molar-refractivity contribution < 1.29 is 22.0 Å². The third-order valence-corrected chi connectivity index (χ3v) is 5.41. The average molecular weight is 416 g/mol. The first-order chi connectivity index (χ1) is 13.7. The number of furan rings is 1. The summed E-state index contributed by atoms with van der Waals surface area (Å²) in [5.41, 5.74) is 1.13. The number of carbonyl (C=O) groups is 1. The molecule has 0 saturated heterocycles. The Morgan fingerprint density at radius 3 is 2.45 bits per heavy atom. The molecule has 0 aliphatic carbocycles. The Hall–Kier alpha value is -2.97. The Kier molecular flexibility index (Phi) is 6.14. The van der Waals surface area contributed by atoms with E-state index in [9.17, 15) is 17.6 Å². The van der Waals surface area contributed by atoms with Crippen LogP contribution in [0.5, 0.6) is 0 Å². The standard InChI is InChI=1S/C21H21FN2O4S/c1-14(15-6-10-17(11-7-15)29(23,26)27)24-21(25)13-9-16-8-12-20(28-16)18-4-2-3-5-19(18)22/h2-8,10-12,14H,9,13H2,1H3,(H,24,25)(H2,23,26,27). The van der Waals surface area contributed by atoms with E-state index in [0.717, 1.165) is 5.56 Å². The number of primary sulfonamides is 1. The van der Waals surface area contributed by atoms with E-state index < -0.39 is 10.0 Å². The SMILES string of the molecule is CC(NC(=O)CCc1ccc(-c2ccccc2F)o1)c1ccc(S(N)(=O)=O)cc1. The highest BCUT2D eigenvalue weighted by Crippen LogP contribution is 2.25. The summed E-state index contributed by atoms with van der Waals surface area (Å²) in [7, 11) is -3.75. The van der Waals surface area contributed by atoms with E-state index in [4.69, 9.17) is 9.56 Å². The molecule has 0 saturated carbocycles. The van der Waals surface area contributed by atoms with Crippen LogP contribution in [0.2, 0.25) is 0 Å². The topological polar surface area (TPSA) is 102 Å². The van der Waals surface area contributed by atoms with Gasteiger partial charge in [0.15, 0.2) is 0 Å². The molecular weight excluding hydrogens is 395 g/mol. The fourth-order valence-corrected chi connectivity index (χ4v) is 3.41. The molecule has 1 aromatic heterocycles. The van der Waals surface area contributed by atoms with Crippen molar-refractivity contribution in [1.82, 2.24) is 5.32 Å². The number of hydrogen-bond donors (Lipinski definition) is 2. The van der Waals surface area contributed by atoms with Crippen LogP contribution in [0.15, 0.2) is 70.0 Å². The van der Waals surface area contributed by atoms with E-state index in [1.54, 1.807) is 49.4 Å². The molecule has 0 aliphatic heterocycles. The molecule has 1 amide bonds. The zero-order valence-electron chi connectivity index (χ0n) is 15.8. The summed E-state index contributed by atoms with van der Waals surface area (Å²) in [6, 6.07) is 15.5. The monoisotopic (exact) mass is 416 g/mol. The number of amides is 1. The maximum Gasteiger partial charge on any atom is 0.238 e. The average Bonchev–Trinajstić information content (AvgIpc) is 3.15. The third-order valence-electron chi connectivity index (χ3n) is 4.49. The second-order valence-electron chi connectivity index (χ2n) is 6.65. The second-order valence-corrected chi connectivity index (χ2v) is 8.21. The molecule has 0 aliphatic rings. The van der Waals surface area contributed by atoms with Gasteiger partial charge in [-0.15, -0.1) is 0 Å². The van der Waals surface area contributed by atoms with Gasteiger partial charge in [-0.2, -0.15) is 0 Å². The van der Waals surface area contributed by atoms with Gasteiger partial charge in [0.1, 0.15) is 17.3 Å². The molecule has 3 rings (SSSR count). The molecule has 0 radical (unpaired) electrons. The molecule has 0 bridgehead atoms. The number of aryl methyl sites for hydroxylation is 1. The molecule has 0 fully saturated rings. The number of nitrogens with one attached hydrogen (secondary N) is 1. The first-order valence-electron chi connectivity index (χ1n) is 9.00. The lowest BCUT2D eigenvalue weighted by Gasteiger charge is -2.14. The largest absolute Gasteiger partial charge is 0.461 e. The van der Waals surface area contributed by atoms with Crippen LogP contribution in [0.25, 0.3) is 11.3 Å². The summed E-state index contributed by atoms with van der Waals surface area (Å²) >= 11 is 0. The van der Waals surface area contributed by atoms with Crippen molar-refractivity contribution in [2.24, 2.45) is 5.14 Å². The van der Waals surface area contributed by atoms with Gasteiger partial charge in [-0.05, 0) is 48.9 Å². The lowest BCUT2D eigenvalue weighted by atomic mass is 10.1. The Bertz CT molecular complexity index is 1110. The van der Waals surface area contributed by atoms with Gasteiger partial charge < -0.3 is 9.73 Å². The lowest BCUT2D eigenvalue weighted by molar-refractivity contribution is -0.121. The summed E-state index contributed by atoms with van der Waals surface area (Å²) in [5.74, 6) is 0.454. The molecule has 6 nitrogen and oxygen atoms in total. The highest BCUT2D eigenvalue weighted by atomic mass is 32.2. The Balaban J connectivity index is 1.55. The number of benzene rings is 2. The third kappa shape index (κ3) is 5.30. The van der Waals surface area contributed by atoms with Gasteiger partial charge in [0.25, 0.3) is 0 Å². The predicted octanol–water partition coefficient (Wildman–Crippen LogP) is 3.54. The van der Waals surface area contributed by atoms with Crippen molar-refractivity contribution in [3.8, 4) is 11.3 Å². The highest BCUT2D eigenvalue weighted by molar-refractivity contribution is 7.89. The minimum absolute atomic E-state index is 0.0169. The van der Waals surface area contributed by atoms with Crippen LogP contribution in [-0.2, 0) is 21.2 Å². The van der Waals surface area contributed by atoms with Gasteiger partial charge in [0.05, 0.1) is 16.5 Å². The molecular formula is C21H21FN2O4S. The van der Waals surface area contributed by atoms with Gasteiger partial charge >= 0.3 is 0 Å². The number of rotatable bonds is 7. The van der Waals surface area contributed by atoms with E-state index in [2.05, 4.69) is 5.32 Å². The number of hydrogen-bond acceptors (Lipinski definition) is 4. The summed E-state index contributed by atoms with van der Waals surface area (Å²) in [5, 5.41) is 7.93. The van der Waals surface area contributed by atoms with Crippen molar-refractivity contribution in [2.75, 3.05) is 0 Å². The molecule has 2 aromatic carbocycles. The Morgan fingerprint density at radius 1 is 1.10 bits per heavy atom. The van der Waals surface area contributed by atoms with E-state index in [-0.39, 0.29) is 29.1 Å². The zero-order valence-corrected chi connectivity index (χ0v) is 16.6. The maximum absolute atomic E-state index is 13.8. The van der Waals surface area contributed by atoms with Crippen molar-refractivity contribution in [3.63, 3.8) is 0 Å².